The van der Waals surface area contributed by atoms with Crippen molar-refractivity contribution in [3.63, 3.8) is 0 Å². The standard InChI is InChI=1S/C14H20N6O/c1-8(2)11-12(10-5-17-20(6-10)9(3)4)18-14(16-7-15)19-13(11)21/h5-9H,1-4H3,(H3,15,16,18,19,21). The summed E-state index contributed by atoms with van der Waals surface area (Å²) < 4.78 is 1.83. The van der Waals surface area contributed by atoms with E-state index in [-0.39, 0.29) is 23.5 Å². The van der Waals surface area contributed by atoms with Crippen molar-refractivity contribution in [3.05, 3.63) is 28.3 Å². The van der Waals surface area contributed by atoms with E-state index in [9.17, 15) is 4.79 Å². The maximum absolute atomic E-state index is 12.3. The van der Waals surface area contributed by atoms with Gasteiger partial charge >= 0.3 is 0 Å². The van der Waals surface area contributed by atoms with Gasteiger partial charge in [-0.3, -0.25) is 14.5 Å². The van der Waals surface area contributed by atoms with Crippen LogP contribution in [-0.4, -0.2) is 26.1 Å². The summed E-state index contributed by atoms with van der Waals surface area (Å²) >= 11 is 0. The van der Waals surface area contributed by atoms with Gasteiger partial charge in [0.05, 0.1) is 18.2 Å². The number of H-pyrrole nitrogens is 1. The highest BCUT2D eigenvalue weighted by Crippen LogP contribution is 2.26. The molecular formula is C14H20N6O. The number of nitrogens with two attached hydrogens (primary N) is 1. The summed E-state index contributed by atoms with van der Waals surface area (Å²) in [6.07, 6.45) is 4.70. The van der Waals surface area contributed by atoms with Gasteiger partial charge in [0.25, 0.3) is 5.56 Å². The maximum Gasteiger partial charge on any atom is 0.256 e. The van der Waals surface area contributed by atoms with E-state index in [0.29, 0.717) is 11.3 Å². The van der Waals surface area contributed by atoms with Crippen molar-refractivity contribution in [1.82, 2.24) is 19.7 Å². The van der Waals surface area contributed by atoms with Gasteiger partial charge in [-0.05, 0) is 19.8 Å². The molecule has 0 atom stereocenters. The lowest BCUT2D eigenvalue weighted by Crippen LogP contribution is -2.17. The molecule has 112 valence electrons. The predicted octanol–water partition coefficient (Wildman–Crippen LogP) is 1.96. The van der Waals surface area contributed by atoms with E-state index >= 15 is 0 Å². The van der Waals surface area contributed by atoms with Gasteiger partial charge in [-0.25, -0.2) is 9.98 Å². The molecule has 7 heteroatoms. The number of nitrogens with one attached hydrogen (secondary N) is 1. The summed E-state index contributed by atoms with van der Waals surface area (Å²) in [5, 5.41) is 4.30. The van der Waals surface area contributed by atoms with E-state index in [2.05, 4.69) is 20.1 Å². The lowest BCUT2D eigenvalue weighted by atomic mass is 10.0. The van der Waals surface area contributed by atoms with E-state index in [4.69, 9.17) is 5.73 Å². The normalized spacial score (nSPS) is 11.9. The van der Waals surface area contributed by atoms with E-state index < -0.39 is 0 Å². The van der Waals surface area contributed by atoms with E-state index in [0.717, 1.165) is 11.9 Å². The first-order chi connectivity index (χ1) is 9.93. The van der Waals surface area contributed by atoms with Gasteiger partial charge in [0.2, 0.25) is 5.95 Å². The Morgan fingerprint density at radius 1 is 1.38 bits per heavy atom. The lowest BCUT2D eigenvalue weighted by Gasteiger charge is -2.10. The second-order valence-corrected chi connectivity index (χ2v) is 5.39. The van der Waals surface area contributed by atoms with Crippen molar-refractivity contribution >= 4 is 12.3 Å². The second kappa shape index (κ2) is 5.90. The number of hydrogen-bond donors (Lipinski definition) is 2. The van der Waals surface area contributed by atoms with Crippen molar-refractivity contribution in [1.29, 1.82) is 0 Å². The number of hydrogen-bond acceptors (Lipinski definition) is 4. The van der Waals surface area contributed by atoms with Crippen LogP contribution >= 0.6 is 0 Å². The minimum Gasteiger partial charge on any atom is -0.390 e. The molecule has 0 spiro atoms. The molecule has 7 nitrogen and oxygen atoms in total. The molecule has 0 unspecified atom stereocenters. The topological polar surface area (TPSA) is 102 Å². The van der Waals surface area contributed by atoms with Gasteiger partial charge in [0.1, 0.15) is 0 Å². The van der Waals surface area contributed by atoms with Gasteiger partial charge < -0.3 is 5.73 Å². The number of aliphatic imine (C=N–C) groups is 1. The molecular weight excluding hydrogens is 268 g/mol. The SMILES string of the molecule is CC(C)c1c(-c2cnn(C(C)C)c2)nc(N=CN)[nH]c1=O. The van der Waals surface area contributed by atoms with Crippen LogP contribution in [0.5, 0.6) is 0 Å². The van der Waals surface area contributed by atoms with Crippen molar-refractivity contribution in [3.8, 4) is 11.3 Å². The van der Waals surface area contributed by atoms with Gasteiger partial charge in [-0.15, -0.1) is 0 Å². The molecule has 2 rings (SSSR count). The number of aromatic nitrogens is 4. The molecule has 2 heterocycles. The Balaban J connectivity index is 2.66. The second-order valence-electron chi connectivity index (χ2n) is 5.39. The largest absolute Gasteiger partial charge is 0.390 e. The molecule has 2 aromatic heterocycles. The molecule has 2 aromatic rings. The molecule has 3 N–H and O–H groups in total. The summed E-state index contributed by atoms with van der Waals surface area (Å²) in [5.41, 5.74) is 7.09. The highest BCUT2D eigenvalue weighted by Gasteiger charge is 2.17. The molecule has 0 bridgehead atoms. The quantitative estimate of drug-likeness (QED) is 0.663. The summed E-state index contributed by atoms with van der Waals surface area (Å²) in [7, 11) is 0. The van der Waals surface area contributed by atoms with Gasteiger partial charge in [-0.2, -0.15) is 5.10 Å². The fourth-order valence-electron chi connectivity index (χ4n) is 2.10. The molecule has 0 aliphatic heterocycles. The zero-order valence-electron chi connectivity index (χ0n) is 12.7. The van der Waals surface area contributed by atoms with Gasteiger partial charge in [0, 0.05) is 23.4 Å². The zero-order chi connectivity index (χ0) is 15.6. The number of nitrogens with zero attached hydrogens (tertiary/aromatic N) is 4. The highest BCUT2D eigenvalue weighted by atomic mass is 16.1. The molecule has 0 saturated carbocycles. The van der Waals surface area contributed by atoms with Crippen LogP contribution in [0.2, 0.25) is 0 Å². The Labute approximate surface area is 122 Å². The highest BCUT2D eigenvalue weighted by molar-refractivity contribution is 5.64. The average molecular weight is 288 g/mol. The van der Waals surface area contributed by atoms with Crippen LogP contribution in [0.4, 0.5) is 5.95 Å². The summed E-state index contributed by atoms with van der Waals surface area (Å²) in [6, 6.07) is 0.241. The molecule has 0 aliphatic rings. The van der Waals surface area contributed by atoms with Crippen LogP contribution in [0.3, 0.4) is 0 Å². The number of aromatic amines is 1. The summed E-state index contributed by atoms with van der Waals surface area (Å²) in [5.74, 6) is 0.230. The molecule has 0 fully saturated rings. The Morgan fingerprint density at radius 2 is 2.10 bits per heavy atom. The van der Waals surface area contributed by atoms with Crippen molar-refractivity contribution < 1.29 is 0 Å². The number of rotatable bonds is 4. The van der Waals surface area contributed by atoms with Crippen LogP contribution in [0.15, 0.2) is 22.2 Å². The monoisotopic (exact) mass is 288 g/mol. The first-order valence-electron chi connectivity index (χ1n) is 6.87. The fraction of sp³-hybridized carbons (Fsp3) is 0.429. The maximum atomic E-state index is 12.3. The smallest absolute Gasteiger partial charge is 0.256 e. The van der Waals surface area contributed by atoms with Crippen molar-refractivity contribution in [2.75, 3.05) is 0 Å². The minimum absolute atomic E-state index is 0.0366. The summed E-state index contributed by atoms with van der Waals surface area (Å²) in [4.78, 5) is 23.1. The van der Waals surface area contributed by atoms with Crippen LogP contribution in [0.1, 0.15) is 45.2 Å². The fourth-order valence-corrected chi connectivity index (χ4v) is 2.10. The van der Waals surface area contributed by atoms with E-state index in [1.807, 2.05) is 38.6 Å². The molecule has 21 heavy (non-hydrogen) atoms. The first-order valence-corrected chi connectivity index (χ1v) is 6.87. The third-order valence-electron chi connectivity index (χ3n) is 3.12. The van der Waals surface area contributed by atoms with Crippen LogP contribution in [-0.2, 0) is 0 Å². The average Bonchev–Trinajstić information content (AvgIpc) is 2.87. The molecule has 0 aliphatic carbocycles. The molecule has 0 amide bonds. The van der Waals surface area contributed by atoms with Gasteiger partial charge in [-0.1, -0.05) is 13.8 Å². The minimum atomic E-state index is -0.201. The zero-order valence-corrected chi connectivity index (χ0v) is 12.7. The van der Waals surface area contributed by atoms with Crippen LogP contribution in [0, 0.1) is 0 Å². The van der Waals surface area contributed by atoms with Gasteiger partial charge in [0.15, 0.2) is 0 Å². The third kappa shape index (κ3) is 3.01. The predicted molar refractivity (Wildman–Crippen MR) is 82.9 cm³/mol. The van der Waals surface area contributed by atoms with Crippen molar-refractivity contribution in [2.24, 2.45) is 10.7 Å². The van der Waals surface area contributed by atoms with Crippen LogP contribution in [0.25, 0.3) is 11.3 Å². The summed E-state index contributed by atoms with van der Waals surface area (Å²) in [6.45, 7) is 7.98. The first kappa shape index (κ1) is 15.0. The molecule has 0 radical (unpaired) electrons. The Bertz CT molecular complexity index is 710. The third-order valence-corrected chi connectivity index (χ3v) is 3.12. The van der Waals surface area contributed by atoms with Crippen LogP contribution < -0.4 is 11.3 Å². The Hall–Kier alpha value is -2.44. The van der Waals surface area contributed by atoms with Crippen molar-refractivity contribution in [2.45, 2.75) is 39.7 Å². The molecule has 0 aromatic carbocycles. The van der Waals surface area contributed by atoms with E-state index in [1.54, 1.807) is 6.20 Å². The lowest BCUT2D eigenvalue weighted by molar-refractivity contribution is 0.532. The molecule has 0 saturated heterocycles. The Kier molecular flexibility index (Phi) is 4.21. The van der Waals surface area contributed by atoms with E-state index in [1.165, 1.54) is 0 Å². The Morgan fingerprint density at radius 3 is 2.62 bits per heavy atom.